The Labute approximate surface area is 178 Å². The number of anilines is 1. The molecule has 1 aromatic rings. The highest BCUT2D eigenvalue weighted by Gasteiger charge is 2.28. The van der Waals surface area contributed by atoms with Crippen molar-refractivity contribution in [2.45, 2.75) is 51.8 Å². The van der Waals surface area contributed by atoms with Gasteiger partial charge in [0.15, 0.2) is 0 Å². The molecule has 0 bridgehead atoms. The van der Waals surface area contributed by atoms with E-state index in [9.17, 15) is 14.4 Å². The van der Waals surface area contributed by atoms with Gasteiger partial charge in [-0.1, -0.05) is 26.0 Å². The molecule has 9 nitrogen and oxygen atoms in total. The molecule has 0 saturated carbocycles. The standard InChI is InChI=1S/C21H35N5O4/c1-14(2)19(26-18(27)10-12-23)21(29)25-17(5-4-11-22)20(28)24-16-8-6-15(7-9-16)13-30-3/h6-9,14,17,19H,4-5,10-13,22-23H2,1-3H3,(H,24,28)(H,25,29)(H,26,27)/t17-,19-/m1/s1. The molecule has 1 aromatic carbocycles. The van der Waals surface area contributed by atoms with Gasteiger partial charge < -0.3 is 32.2 Å². The molecule has 30 heavy (non-hydrogen) atoms. The zero-order chi connectivity index (χ0) is 22.5. The van der Waals surface area contributed by atoms with Crippen LogP contribution in [-0.2, 0) is 25.7 Å². The molecule has 7 N–H and O–H groups in total. The SMILES string of the molecule is COCc1ccc(NC(=O)[C@@H](CCCN)NC(=O)[C@H](NC(=O)CCN)C(C)C)cc1. The monoisotopic (exact) mass is 421 g/mol. The van der Waals surface area contributed by atoms with Crippen LogP contribution in [0.15, 0.2) is 24.3 Å². The number of benzene rings is 1. The van der Waals surface area contributed by atoms with Crippen molar-refractivity contribution >= 4 is 23.4 Å². The van der Waals surface area contributed by atoms with E-state index < -0.39 is 18.0 Å². The van der Waals surface area contributed by atoms with Gasteiger partial charge in [0, 0.05) is 25.8 Å². The summed E-state index contributed by atoms with van der Waals surface area (Å²) in [5.41, 5.74) is 12.6. The van der Waals surface area contributed by atoms with Crippen molar-refractivity contribution in [2.24, 2.45) is 17.4 Å². The molecule has 0 aromatic heterocycles. The van der Waals surface area contributed by atoms with Crippen LogP contribution in [0.1, 0.15) is 38.7 Å². The van der Waals surface area contributed by atoms with Crippen LogP contribution >= 0.6 is 0 Å². The lowest BCUT2D eigenvalue weighted by Gasteiger charge is -2.25. The van der Waals surface area contributed by atoms with Crippen molar-refractivity contribution in [3.63, 3.8) is 0 Å². The summed E-state index contributed by atoms with van der Waals surface area (Å²) in [4.78, 5) is 37.5. The Bertz CT molecular complexity index is 678. The van der Waals surface area contributed by atoms with E-state index in [1.807, 2.05) is 26.0 Å². The third-order valence-corrected chi connectivity index (χ3v) is 4.50. The number of carbonyl (C=O) groups excluding carboxylic acids is 3. The lowest BCUT2D eigenvalue weighted by molar-refractivity contribution is -0.132. The zero-order valence-corrected chi connectivity index (χ0v) is 18.1. The number of methoxy groups -OCH3 is 1. The average Bonchev–Trinajstić information content (AvgIpc) is 2.70. The van der Waals surface area contributed by atoms with Gasteiger partial charge in [0.25, 0.3) is 0 Å². The zero-order valence-electron chi connectivity index (χ0n) is 18.1. The van der Waals surface area contributed by atoms with Crippen molar-refractivity contribution in [2.75, 3.05) is 25.5 Å². The maximum Gasteiger partial charge on any atom is 0.246 e. The Hall–Kier alpha value is -2.49. The van der Waals surface area contributed by atoms with E-state index in [0.29, 0.717) is 31.7 Å². The second-order valence-electron chi connectivity index (χ2n) is 7.44. The molecule has 2 atom stereocenters. The van der Waals surface area contributed by atoms with Crippen LogP contribution in [0.3, 0.4) is 0 Å². The molecule has 0 aliphatic rings. The molecule has 0 spiro atoms. The number of amides is 3. The summed E-state index contributed by atoms with van der Waals surface area (Å²) < 4.78 is 5.08. The predicted octanol–water partition coefficient (Wildman–Crippen LogP) is 0.485. The average molecular weight is 422 g/mol. The largest absolute Gasteiger partial charge is 0.380 e. The van der Waals surface area contributed by atoms with Gasteiger partial charge in [-0.25, -0.2) is 0 Å². The summed E-state index contributed by atoms with van der Waals surface area (Å²) in [6, 6.07) is 5.73. The van der Waals surface area contributed by atoms with Crippen LogP contribution < -0.4 is 27.4 Å². The summed E-state index contributed by atoms with van der Waals surface area (Å²) in [5.74, 6) is -1.21. The Balaban J connectivity index is 2.83. The molecule has 0 heterocycles. The molecular formula is C21H35N5O4. The minimum absolute atomic E-state index is 0.132. The van der Waals surface area contributed by atoms with E-state index in [4.69, 9.17) is 16.2 Å². The van der Waals surface area contributed by atoms with Crippen LogP contribution in [0, 0.1) is 5.92 Å². The topological polar surface area (TPSA) is 149 Å². The number of rotatable bonds is 13. The van der Waals surface area contributed by atoms with Crippen molar-refractivity contribution in [1.29, 1.82) is 0 Å². The first-order valence-corrected chi connectivity index (χ1v) is 10.2. The van der Waals surface area contributed by atoms with E-state index in [1.165, 1.54) is 0 Å². The Morgan fingerprint density at radius 2 is 1.67 bits per heavy atom. The summed E-state index contributed by atoms with van der Waals surface area (Å²) in [7, 11) is 1.61. The summed E-state index contributed by atoms with van der Waals surface area (Å²) in [5, 5.41) is 8.26. The van der Waals surface area contributed by atoms with Gasteiger partial charge >= 0.3 is 0 Å². The van der Waals surface area contributed by atoms with Crippen LogP contribution in [-0.4, -0.2) is 50.0 Å². The van der Waals surface area contributed by atoms with Crippen molar-refractivity contribution in [3.8, 4) is 0 Å². The molecule has 0 aliphatic carbocycles. The van der Waals surface area contributed by atoms with Gasteiger partial charge in [0.2, 0.25) is 17.7 Å². The first-order valence-electron chi connectivity index (χ1n) is 10.2. The molecule has 0 fully saturated rings. The fourth-order valence-corrected chi connectivity index (χ4v) is 2.84. The fraction of sp³-hybridized carbons (Fsp3) is 0.571. The molecule has 1 rings (SSSR count). The molecule has 0 saturated heterocycles. The number of hydrogen-bond donors (Lipinski definition) is 5. The fourth-order valence-electron chi connectivity index (χ4n) is 2.84. The molecule has 0 unspecified atom stereocenters. The maximum absolute atomic E-state index is 12.8. The first kappa shape index (κ1) is 25.5. The Kier molecular flexibility index (Phi) is 11.7. The molecule has 3 amide bonds. The predicted molar refractivity (Wildman–Crippen MR) is 116 cm³/mol. The van der Waals surface area contributed by atoms with Crippen molar-refractivity contribution in [1.82, 2.24) is 10.6 Å². The second-order valence-corrected chi connectivity index (χ2v) is 7.44. The van der Waals surface area contributed by atoms with E-state index in [1.54, 1.807) is 19.2 Å². The minimum Gasteiger partial charge on any atom is -0.380 e. The third kappa shape index (κ3) is 8.89. The number of ether oxygens (including phenoxy) is 1. The number of hydrogen-bond acceptors (Lipinski definition) is 6. The van der Waals surface area contributed by atoms with Gasteiger partial charge in [0.1, 0.15) is 12.1 Å². The van der Waals surface area contributed by atoms with Gasteiger partial charge in [0.05, 0.1) is 6.61 Å². The van der Waals surface area contributed by atoms with Crippen LogP contribution in [0.4, 0.5) is 5.69 Å². The normalized spacial score (nSPS) is 12.9. The quantitative estimate of drug-likeness (QED) is 0.313. The van der Waals surface area contributed by atoms with Gasteiger partial charge in [-0.15, -0.1) is 0 Å². The highest BCUT2D eigenvalue weighted by molar-refractivity contribution is 5.98. The van der Waals surface area contributed by atoms with E-state index in [-0.39, 0.29) is 30.7 Å². The number of carbonyl (C=O) groups is 3. The van der Waals surface area contributed by atoms with Gasteiger partial charge in [-0.3, -0.25) is 14.4 Å². The first-order chi connectivity index (χ1) is 14.3. The van der Waals surface area contributed by atoms with Crippen molar-refractivity contribution in [3.05, 3.63) is 29.8 Å². The van der Waals surface area contributed by atoms with Crippen molar-refractivity contribution < 1.29 is 19.1 Å². The lowest BCUT2D eigenvalue weighted by atomic mass is 10.0. The number of nitrogens with two attached hydrogens (primary N) is 2. The van der Waals surface area contributed by atoms with E-state index in [2.05, 4.69) is 16.0 Å². The van der Waals surface area contributed by atoms with Crippen LogP contribution in [0.2, 0.25) is 0 Å². The molecule has 0 radical (unpaired) electrons. The lowest BCUT2D eigenvalue weighted by Crippen LogP contribution is -2.54. The van der Waals surface area contributed by atoms with Gasteiger partial charge in [-0.05, 0) is 43.0 Å². The van der Waals surface area contributed by atoms with Crippen LogP contribution in [0.5, 0.6) is 0 Å². The summed E-state index contributed by atoms with van der Waals surface area (Å²) in [6.07, 6.45) is 1.08. The molecular weight excluding hydrogens is 386 g/mol. The highest BCUT2D eigenvalue weighted by atomic mass is 16.5. The maximum atomic E-state index is 12.8. The molecule has 0 aliphatic heterocycles. The van der Waals surface area contributed by atoms with Crippen LogP contribution in [0.25, 0.3) is 0 Å². The summed E-state index contributed by atoms with van der Waals surface area (Å²) in [6.45, 7) is 4.72. The Morgan fingerprint density at radius 3 is 2.20 bits per heavy atom. The molecule has 9 heteroatoms. The third-order valence-electron chi connectivity index (χ3n) is 4.50. The Morgan fingerprint density at radius 1 is 1.00 bits per heavy atom. The number of nitrogens with one attached hydrogen (secondary N) is 3. The smallest absolute Gasteiger partial charge is 0.246 e. The molecule has 168 valence electrons. The second kappa shape index (κ2) is 13.7. The highest BCUT2D eigenvalue weighted by Crippen LogP contribution is 2.12. The van der Waals surface area contributed by atoms with E-state index in [0.717, 1.165) is 5.56 Å². The summed E-state index contributed by atoms with van der Waals surface area (Å²) >= 11 is 0. The minimum atomic E-state index is -0.771. The van der Waals surface area contributed by atoms with Gasteiger partial charge in [-0.2, -0.15) is 0 Å². The van der Waals surface area contributed by atoms with E-state index >= 15 is 0 Å².